The van der Waals surface area contributed by atoms with Crippen molar-refractivity contribution in [3.05, 3.63) is 53.6 Å². The van der Waals surface area contributed by atoms with Crippen LogP contribution in [0.15, 0.2) is 41.7 Å². The van der Waals surface area contributed by atoms with Gasteiger partial charge in [0.1, 0.15) is 28.9 Å². The Labute approximate surface area is 161 Å². The zero-order valence-electron chi connectivity index (χ0n) is 16.1. The number of hydrazine groups is 1. The van der Waals surface area contributed by atoms with Gasteiger partial charge in [0, 0.05) is 11.8 Å². The molecule has 0 saturated carbocycles. The van der Waals surface area contributed by atoms with Crippen LogP contribution in [0.1, 0.15) is 37.9 Å². The molecule has 1 aliphatic rings. The summed E-state index contributed by atoms with van der Waals surface area (Å²) in [6.07, 6.45) is 3.54. The maximum absolute atomic E-state index is 13.7. The molecular formula is C19H22FN7O. The summed E-state index contributed by atoms with van der Waals surface area (Å²) in [5.74, 6) is 1.63. The van der Waals surface area contributed by atoms with Gasteiger partial charge in [-0.25, -0.2) is 24.3 Å². The van der Waals surface area contributed by atoms with Crippen molar-refractivity contribution in [2.24, 2.45) is 4.99 Å². The predicted octanol–water partition coefficient (Wildman–Crippen LogP) is 2.64. The van der Waals surface area contributed by atoms with Crippen LogP contribution in [0.25, 0.3) is 5.65 Å². The average molecular weight is 383 g/mol. The third kappa shape index (κ3) is 3.36. The number of methoxy groups -OCH3 is 1. The number of aromatic nitrogens is 3. The van der Waals surface area contributed by atoms with E-state index in [1.54, 1.807) is 23.9 Å². The van der Waals surface area contributed by atoms with E-state index in [1.165, 1.54) is 12.1 Å². The van der Waals surface area contributed by atoms with E-state index in [4.69, 9.17) is 4.74 Å². The van der Waals surface area contributed by atoms with E-state index < -0.39 is 5.66 Å². The van der Waals surface area contributed by atoms with Gasteiger partial charge in [0.05, 0.1) is 24.9 Å². The highest BCUT2D eigenvalue weighted by atomic mass is 19.1. The quantitative estimate of drug-likeness (QED) is 0.628. The zero-order valence-corrected chi connectivity index (χ0v) is 16.1. The van der Waals surface area contributed by atoms with Crippen LogP contribution in [-0.4, -0.2) is 33.2 Å². The first-order chi connectivity index (χ1) is 13.4. The number of nitrogens with one attached hydrogen (secondary N) is 3. The summed E-state index contributed by atoms with van der Waals surface area (Å²) >= 11 is 0. The van der Waals surface area contributed by atoms with Crippen molar-refractivity contribution in [2.75, 3.05) is 12.4 Å². The molecule has 0 saturated heterocycles. The number of fused-ring (bicyclic) bond motifs is 1. The Kier molecular flexibility index (Phi) is 4.38. The van der Waals surface area contributed by atoms with Gasteiger partial charge in [0.15, 0.2) is 5.65 Å². The molecule has 8 nitrogen and oxygen atoms in total. The molecule has 1 aromatic carbocycles. The Morgan fingerprint density at radius 2 is 2.11 bits per heavy atom. The van der Waals surface area contributed by atoms with E-state index in [0.717, 1.165) is 5.56 Å². The van der Waals surface area contributed by atoms with Crippen molar-refractivity contribution in [1.29, 1.82) is 0 Å². The molecule has 2 aromatic heterocycles. The van der Waals surface area contributed by atoms with E-state index in [9.17, 15) is 4.39 Å². The Hall–Kier alpha value is -3.20. The summed E-state index contributed by atoms with van der Waals surface area (Å²) in [6, 6.07) is 6.06. The van der Waals surface area contributed by atoms with Gasteiger partial charge >= 0.3 is 0 Å². The lowest BCUT2D eigenvalue weighted by molar-refractivity contribution is 0.406. The molecule has 146 valence electrons. The minimum absolute atomic E-state index is 0.213. The molecule has 0 radical (unpaired) electrons. The molecule has 0 aliphatic carbocycles. The lowest BCUT2D eigenvalue weighted by Crippen LogP contribution is -2.41. The standard InChI is InChI=1S/C19H22FN7O/c1-11(13-9-12(20)5-6-15(13)28-4)22-16-7-8-27-18(23-16)14(10-21-27)17-24-19(2,3)26-25-17/h5-11,26H,1-4H3,(H,22,23)(H,24,25)/t11-/m1/s1. The highest BCUT2D eigenvalue weighted by Crippen LogP contribution is 2.28. The highest BCUT2D eigenvalue weighted by molar-refractivity contribution is 6.04. The number of anilines is 1. The second-order valence-electron chi connectivity index (χ2n) is 7.16. The fraction of sp³-hybridized carbons (Fsp3) is 0.316. The van der Waals surface area contributed by atoms with Gasteiger partial charge in [0.25, 0.3) is 0 Å². The molecule has 9 heteroatoms. The van der Waals surface area contributed by atoms with Gasteiger partial charge in [-0.05, 0) is 45.0 Å². The topological polar surface area (TPSA) is 87.9 Å². The zero-order chi connectivity index (χ0) is 19.9. The molecule has 0 fully saturated rings. The number of halogens is 1. The van der Waals surface area contributed by atoms with Crippen LogP contribution >= 0.6 is 0 Å². The molecule has 1 atom stereocenters. The minimum atomic E-state index is -0.401. The summed E-state index contributed by atoms with van der Waals surface area (Å²) in [6.45, 7) is 5.86. The fourth-order valence-corrected chi connectivity index (χ4v) is 3.13. The summed E-state index contributed by atoms with van der Waals surface area (Å²) in [4.78, 5) is 9.28. The maximum Gasteiger partial charge on any atom is 0.168 e. The van der Waals surface area contributed by atoms with Crippen LogP contribution in [0.2, 0.25) is 0 Å². The first-order valence-electron chi connectivity index (χ1n) is 8.94. The SMILES string of the molecule is COc1ccc(F)cc1[C@@H](C)Nc1ccn2ncc(C3=NC(C)(C)NN3)c2n1. The number of rotatable bonds is 5. The molecule has 1 aliphatic heterocycles. The van der Waals surface area contributed by atoms with Crippen LogP contribution in [0, 0.1) is 5.82 Å². The lowest BCUT2D eigenvalue weighted by Gasteiger charge is -2.18. The molecule has 0 amide bonds. The molecule has 3 heterocycles. The Bertz CT molecular complexity index is 1060. The Morgan fingerprint density at radius 3 is 2.82 bits per heavy atom. The summed E-state index contributed by atoms with van der Waals surface area (Å²) in [7, 11) is 1.57. The molecule has 3 aromatic rings. The summed E-state index contributed by atoms with van der Waals surface area (Å²) in [5.41, 5.74) is 7.94. The van der Waals surface area contributed by atoms with E-state index in [1.807, 2.05) is 33.0 Å². The van der Waals surface area contributed by atoms with Crippen LogP contribution in [0.4, 0.5) is 10.2 Å². The van der Waals surface area contributed by atoms with Gasteiger partial charge in [0.2, 0.25) is 0 Å². The van der Waals surface area contributed by atoms with E-state index in [0.29, 0.717) is 28.6 Å². The number of ether oxygens (including phenoxy) is 1. The van der Waals surface area contributed by atoms with Crippen LogP contribution in [0.5, 0.6) is 5.75 Å². The van der Waals surface area contributed by atoms with E-state index >= 15 is 0 Å². The second kappa shape index (κ2) is 6.75. The van der Waals surface area contributed by atoms with Crippen molar-refractivity contribution < 1.29 is 9.13 Å². The number of benzene rings is 1. The van der Waals surface area contributed by atoms with Gasteiger partial charge in [-0.15, -0.1) is 0 Å². The van der Waals surface area contributed by atoms with Crippen LogP contribution in [0.3, 0.4) is 0 Å². The molecule has 28 heavy (non-hydrogen) atoms. The monoisotopic (exact) mass is 383 g/mol. The van der Waals surface area contributed by atoms with E-state index in [-0.39, 0.29) is 11.9 Å². The molecule has 0 unspecified atom stereocenters. The average Bonchev–Trinajstić information content (AvgIpc) is 3.24. The van der Waals surface area contributed by atoms with Crippen molar-refractivity contribution in [3.63, 3.8) is 0 Å². The number of aliphatic imine (C=N–C) groups is 1. The van der Waals surface area contributed by atoms with Gasteiger partial charge in [-0.2, -0.15) is 5.10 Å². The van der Waals surface area contributed by atoms with Gasteiger partial charge < -0.3 is 15.5 Å². The Morgan fingerprint density at radius 1 is 1.29 bits per heavy atom. The third-order valence-corrected chi connectivity index (χ3v) is 4.52. The summed E-state index contributed by atoms with van der Waals surface area (Å²) < 4.78 is 20.7. The highest BCUT2D eigenvalue weighted by Gasteiger charge is 2.26. The second-order valence-corrected chi connectivity index (χ2v) is 7.16. The number of amidine groups is 1. The largest absolute Gasteiger partial charge is 0.496 e. The first kappa shape index (κ1) is 18.2. The van der Waals surface area contributed by atoms with E-state index in [2.05, 4.69) is 31.2 Å². The van der Waals surface area contributed by atoms with Gasteiger partial charge in [-0.1, -0.05) is 0 Å². The minimum Gasteiger partial charge on any atom is -0.496 e. The fourth-order valence-electron chi connectivity index (χ4n) is 3.13. The maximum atomic E-state index is 13.7. The lowest BCUT2D eigenvalue weighted by atomic mass is 10.1. The van der Waals surface area contributed by atoms with Crippen molar-refractivity contribution in [1.82, 2.24) is 25.4 Å². The number of nitrogens with zero attached hydrogens (tertiary/aromatic N) is 4. The van der Waals surface area contributed by atoms with Crippen molar-refractivity contribution >= 4 is 17.3 Å². The normalized spacial score (nSPS) is 16.5. The van der Waals surface area contributed by atoms with Crippen LogP contribution < -0.4 is 20.9 Å². The molecule has 0 spiro atoms. The number of hydrogen-bond donors (Lipinski definition) is 3. The first-order valence-corrected chi connectivity index (χ1v) is 8.94. The smallest absolute Gasteiger partial charge is 0.168 e. The summed E-state index contributed by atoms with van der Waals surface area (Å²) in [5, 5.41) is 7.64. The third-order valence-electron chi connectivity index (χ3n) is 4.52. The van der Waals surface area contributed by atoms with Gasteiger partial charge in [-0.3, -0.25) is 0 Å². The number of hydrogen-bond acceptors (Lipinski definition) is 7. The van der Waals surface area contributed by atoms with Crippen molar-refractivity contribution in [2.45, 2.75) is 32.5 Å². The van der Waals surface area contributed by atoms with Crippen LogP contribution in [-0.2, 0) is 0 Å². The molecule has 0 bridgehead atoms. The Balaban J connectivity index is 1.65. The predicted molar refractivity (Wildman–Crippen MR) is 105 cm³/mol. The molecular weight excluding hydrogens is 361 g/mol. The molecule has 4 rings (SSSR count). The molecule has 3 N–H and O–H groups in total. The van der Waals surface area contributed by atoms with Crippen molar-refractivity contribution in [3.8, 4) is 5.75 Å².